The molecule has 0 bridgehead atoms. The van der Waals surface area contributed by atoms with Gasteiger partial charge in [0.05, 0.1) is 13.1 Å². The molecule has 0 fully saturated rings. The van der Waals surface area contributed by atoms with E-state index in [0.717, 1.165) is 29.4 Å². The number of guanidine groups is 1. The molecule has 3 rings (SSSR count). The van der Waals surface area contributed by atoms with Gasteiger partial charge in [-0.1, -0.05) is 30.3 Å². The second kappa shape index (κ2) is 9.71. The summed E-state index contributed by atoms with van der Waals surface area (Å²) in [6.07, 6.45) is 3.82. The van der Waals surface area contributed by atoms with Gasteiger partial charge >= 0.3 is 0 Å². The zero-order chi connectivity index (χ0) is 20.7. The van der Waals surface area contributed by atoms with Crippen LogP contribution in [0.3, 0.4) is 0 Å². The predicted octanol–water partition coefficient (Wildman–Crippen LogP) is 3.26. The van der Waals surface area contributed by atoms with Crippen molar-refractivity contribution in [2.45, 2.75) is 39.5 Å². The molecule has 7 heteroatoms. The maximum atomic E-state index is 10.7. The highest BCUT2D eigenvalue weighted by Crippen LogP contribution is 2.24. The van der Waals surface area contributed by atoms with Gasteiger partial charge in [-0.2, -0.15) is 0 Å². The summed E-state index contributed by atoms with van der Waals surface area (Å²) < 4.78 is 2.13. The lowest BCUT2D eigenvalue weighted by Crippen LogP contribution is -2.44. The molecule has 154 valence electrons. The minimum atomic E-state index is -0.938. The fraction of sp³-hybridized carbons (Fsp3) is 0.364. The predicted molar refractivity (Wildman–Crippen MR) is 119 cm³/mol. The quantitative estimate of drug-likeness (QED) is 0.393. The minimum Gasteiger partial charge on any atom is -0.383 e. The van der Waals surface area contributed by atoms with Crippen LogP contribution in [-0.4, -0.2) is 33.7 Å². The molecule has 2 aromatic heterocycles. The molecule has 0 amide bonds. The SMILES string of the molecule is CCNC(=NCc1cccc(Cn2ccnc2C)c1)NCC(C)(O)c1cccs1. The van der Waals surface area contributed by atoms with Crippen LogP contribution >= 0.6 is 11.3 Å². The van der Waals surface area contributed by atoms with Crippen LogP contribution < -0.4 is 10.6 Å². The monoisotopic (exact) mass is 411 g/mol. The molecular formula is C22H29N5OS. The van der Waals surface area contributed by atoms with Crippen LogP contribution in [0.2, 0.25) is 0 Å². The largest absolute Gasteiger partial charge is 0.383 e. The Morgan fingerprint density at radius 2 is 2.07 bits per heavy atom. The molecule has 0 saturated heterocycles. The molecule has 0 spiro atoms. The molecule has 1 aromatic carbocycles. The Bertz CT molecular complexity index is 930. The van der Waals surface area contributed by atoms with E-state index in [9.17, 15) is 5.11 Å². The second-order valence-corrected chi connectivity index (χ2v) is 8.17. The van der Waals surface area contributed by atoms with Gasteiger partial charge in [-0.25, -0.2) is 9.98 Å². The molecule has 0 aliphatic heterocycles. The van der Waals surface area contributed by atoms with E-state index in [4.69, 9.17) is 4.99 Å². The highest BCUT2D eigenvalue weighted by atomic mass is 32.1. The molecule has 0 radical (unpaired) electrons. The molecule has 6 nitrogen and oxygen atoms in total. The Morgan fingerprint density at radius 1 is 1.24 bits per heavy atom. The standard InChI is InChI=1S/C22H29N5OS/c1-4-23-21(26-16-22(3,28)20-9-6-12-29-20)25-14-18-7-5-8-19(13-18)15-27-11-10-24-17(27)2/h5-13,28H,4,14-16H2,1-3H3,(H2,23,25,26). The first-order valence-electron chi connectivity index (χ1n) is 9.82. The number of hydrogen-bond acceptors (Lipinski definition) is 4. The van der Waals surface area contributed by atoms with Gasteiger partial charge in [-0.15, -0.1) is 11.3 Å². The summed E-state index contributed by atoms with van der Waals surface area (Å²) in [6, 6.07) is 12.3. The van der Waals surface area contributed by atoms with Crippen LogP contribution in [0.1, 0.15) is 35.7 Å². The number of thiophene rings is 1. The number of benzene rings is 1. The summed E-state index contributed by atoms with van der Waals surface area (Å²) in [7, 11) is 0. The molecule has 29 heavy (non-hydrogen) atoms. The van der Waals surface area contributed by atoms with Gasteiger partial charge in [0.15, 0.2) is 5.96 Å². The van der Waals surface area contributed by atoms with E-state index in [1.807, 2.05) is 50.7 Å². The molecule has 0 aliphatic carbocycles. The third kappa shape index (κ3) is 5.92. The van der Waals surface area contributed by atoms with E-state index in [-0.39, 0.29) is 0 Å². The van der Waals surface area contributed by atoms with Crippen LogP contribution in [0.4, 0.5) is 0 Å². The lowest BCUT2D eigenvalue weighted by atomic mass is 10.1. The number of nitrogens with one attached hydrogen (secondary N) is 2. The number of aryl methyl sites for hydroxylation is 1. The molecule has 1 unspecified atom stereocenters. The first kappa shape index (κ1) is 21.1. The number of aliphatic hydroxyl groups is 1. The van der Waals surface area contributed by atoms with Crippen molar-refractivity contribution in [3.63, 3.8) is 0 Å². The molecule has 2 heterocycles. The van der Waals surface area contributed by atoms with E-state index < -0.39 is 5.60 Å². The van der Waals surface area contributed by atoms with E-state index in [1.54, 1.807) is 11.3 Å². The Balaban J connectivity index is 1.64. The van der Waals surface area contributed by atoms with Gasteiger partial charge in [0, 0.05) is 30.4 Å². The Hall–Kier alpha value is -2.64. The van der Waals surface area contributed by atoms with Gasteiger partial charge in [0.25, 0.3) is 0 Å². The Kier molecular flexibility index (Phi) is 7.06. The molecule has 3 N–H and O–H groups in total. The topological polar surface area (TPSA) is 74.5 Å². The smallest absolute Gasteiger partial charge is 0.191 e. The second-order valence-electron chi connectivity index (χ2n) is 7.22. The summed E-state index contributed by atoms with van der Waals surface area (Å²) in [5.41, 5.74) is 1.42. The lowest BCUT2D eigenvalue weighted by molar-refractivity contribution is 0.0655. The number of aliphatic imine (C=N–C) groups is 1. The van der Waals surface area contributed by atoms with E-state index in [2.05, 4.69) is 44.5 Å². The Morgan fingerprint density at radius 3 is 2.76 bits per heavy atom. The summed E-state index contributed by atoms with van der Waals surface area (Å²) in [5, 5.41) is 19.2. The average Bonchev–Trinajstić information content (AvgIpc) is 3.37. The first-order chi connectivity index (χ1) is 14.0. The zero-order valence-corrected chi connectivity index (χ0v) is 18.0. The molecule has 0 aliphatic rings. The highest BCUT2D eigenvalue weighted by molar-refractivity contribution is 7.10. The Labute approximate surface area is 176 Å². The van der Waals surface area contributed by atoms with Gasteiger partial charge in [0.2, 0.25) is 0 Å². The van der Waals surface area contributed by atoms with Crippen molar-refractivity contribution >= 4 is 17.3 Å². The average molecular weight is 412 g/mol. The molecule has 0 saturated carbocycles. The summed E-state index contributed by atoms with van der Waals surface area (Å²) >= 11 is 1.55. The van der Waals surface area contributed by atoms with Crippen molar-refractivity contribution in [2.24, 2.45) is 4.99 Å². The van der Waals surface area contributed by atoms with E-state index >= 15 is 0 Å². The third-order valence-electron chi connectivity index (χ3n) is 4.68. The highest BCUT2D eigenvalue weighted by Gasteiger charge is 2.24. The van der Waals surface area contributed by atoms with Crippen molar-refractivity contribution in [2.75, 3.05) is 13.1 Å². The first-order valence-corrected chi connectivity index (χ1v) is 10.7. The van der Waals surface area contributed by atoms with Crippen LogP contribution in [-0.2, 0) is 18.7 Å². The van der Waals surface area contributed by atoms with Crippen molar-refractivity contribution < 1.29 is 5.11 Å². The molecular weight excluding hydrogens is 382 g/mol. The summed E-state index contributed by atoms with van der Waals surface area (Å²) in [4.78, 5) is 9.90. The maximum absolute atomic E-state index is 10.7. The van der Waals surface area contributed by atoms with Gasteiger partial charge < -0.3 is 20.3 Å². The molecule has 1 atom stereocenters. The minimum absolute atomic E-state index is 0.388. The zero-order valence-electron chi connectivity index (χ0n) is 17.2. The van der Waals surface area contributed by atoms with Crippen LogP contribution in [0.25, 0.3) is 0 Å². The van der Waals surface area contributed by atoms with Crippen molar-refractivity contribution in [1.29, 1.82) is 0 Å². The number of rotatable bonds is 8. The number of aromatic nitrogens is 2. The van der Waals surface area contributed by atoms with E-state index in [1.165, 1.54) is 5.56 Å². The van der Waals surface area contributed by atoms with Crippen molar-refractivity contribution in [3.8, 4) is 0 Å². The fourth-order valence-corrected chi connectivity index (χ4v) is 3.82. The summed E-state index contributed by atoms with van der Waals surface area (Å²) in [6.45, 7) is 8.36. The van der Waals surface area contributed by atoms with Gasteiger partial charge in [-0.05, 0) is 43.3 Å². The lowest BCUT2D eigenvalue weighted by Gasteiger charge is -2.23. The van der Waals surface area contributed by atoms with Crippen molar-refractivity contribution in [1.82, 2.24) is 20.2 Å². The van der Waals surface area contributed by atoms with E-state index in [0.29, 0.717) is 19.0 Å². The number of nitrogens with zero attached hydrogens (tertiary/aromatic N) is 3. The normalized spacial score (nSPS) is 13.9. The van der Waals surface area contributed by atoms with Crippen molar-refractivity contribution in [3.05, 3.63) is 76.0 Å². The molecule has 3 aromatic rings. The van der Waals surface area contributed by atoms with Crippen LogP contribution in [0, 0.1) is 6.92 Å². The van der Waals surface area contributed by atoms with Crippen LogP contribution in [0.5, 0.6) is 0 Å². The fourth-order valence-electron chi connectivity index (χ4n) is 3.03. The third-order valence-corrected chi connectivity index (χ3v) is 5.81. The van der Waals surface area contributed by atoms with Gasteiger partial charge in [0.1, 0.15) is 11.4 Å². The number of hydrogen-bond donors (Lipinski definition) is 3. The summed E-state index contributed by atoms with van der Waals surface area (Å²) in [5.74, 6) is 1.70. The number of imidazole rings is 1. The van der Waals surface area contributed by atoms with Crippen LogP contribution in [0.15, 0.2) is 59.2 Å². The van der Waals surface area contributed by atoms with Gasteiger partial charge in [-0.3, -0.25) is 0 Å². The maximum Gasteiger partial charge on any atom is 0.191 e.